The molecule has 0 amide bonds. The molecule has 22 heavy (non-hydrogen) atoms. The van der Waals surface area contributed by atoms with E-state index in [1.165, 1.54) is 4.88 Å². The first kappa shape index (κ1) is 19.7. The SMILES string of the molecule is CN=C(NCC(C)Cc1cccs1)NC1CCS(=O)(=O)C1.I. The molecule has 1 aliphatic rings. The number of aliphatic imine (C=N–C) groups is 1. The van der Waals surface area contributed by atoms with Crippen molar-refractivity contribution in [1.29, 1.82) is 0 Å². The Balaban J connectivity index is 0.00000242. The van der Waals surface area contributed by atoms with Crippen molar-refractivity contribution in [2.24, 2.45) is 10.9 Å². The first-order valence-corrected chi connectivity index (χ1v) is 9.88. The molecule has 2 rings (SSSR count). The summed E-state index contributed by atoms with van der Waals surface area (Å²) in [5.74, 6) is 1.67. The highest BCUT2D eigenvalue weighted by atomic mass is 127. The van der Waals surface area contributed by atoms with Crippen molar-refractivity contribution < 1.29 is 8.42 Å². The van der Waals surface area contributed by atoms with Gasteiger partial charge >= 0.3 is 0 Å². The summed E-state index contributed by atoms with van der Waals surface area (Å²) < 4.78 is 22.9. The van der Waals surface area contributed by atoms with E-state index in [2.05, 4.69) is 40.1 Å². The number of guanidine groups is 1. The lowest BCUT2D eigenvalue weighted by molar-refractivity contribution is 0.554. The molecule has 0 aromatic carbocycles. The van der Waals surface area contributed by atoms with Crippen LogP contribution in [0.15, 0.2) is 22.5 Å². The average molecular weight is 457 g/mol. The van der Waals surface area contributed by atoms with Crippen molar-refractivity contribution in [3.05, 3.63) is 22.4 Å². The second-order valence-corrected chi connectivity index (χ2v) is 8.85. The summed E-state index contributed by atoms with van der Waals surface area (Å²) in [4.78, 5) is 5.55. The van der Waals surface area contributed by atoms with E-state index in [-0.39, 0.29) is 41.5 Å². The lowest BCUT2D eigenvalue weighted by Crippen LogP contribution is -2.45. The van der Waals surface area contributed by atoms with Crippen molar-refractivity contribution in [3.63, 3.8) is 0 Å². The number of hydrogen-bond acceptors (Lipinski definition) is 4. The van der Waals surface area contributed by atoms with Crippen LogP contribution in [0.3, 0.4) is 0 Å². The Bertz CT molecular complexity index is 573. The number of nitrogens with zero attached hydrogens (tertiary/aromatic N) is 1. The molecule has 1 aromatic rings. The van der Waals surface area contributed by atoms with E-state index < -0.39 is 9.84 Å². The van der Waals surface area contributed by atoms with Gasteiger partial charge < -0.3 is 10.6 Å². The third kappa shape index (κ3) is 6.41. The Hall–Kier alpha value is -0.350. The van der Waals surface area contributed by atoms with Crippen LogP contribution >= 0.6 is 35.3 Å². The van der Waals surface area contributed by atoms with Crippen LogP contribution < -0.4 is 10.6 Å². The van der Waals surface area contributed by atoms with E-state index >= 15 is 0 Å². The molecule has 1 aromatic heterocycles. The monoisotopic (exact) mass is 457 g/mol. The summed E-state index contributed by atoms with van der Waals surface area (Å²) in [6, 6.07) is 4.20. The molecular formula is C14H24IN3O2S2. The number of rotatable bonds is 5. The predicted octanol–water partition coefficient (Wildman–Crippen LogP) is 1.90. The Morgan fingerprint density at radius 3 is 2.86 bits per heavy atom. The maximum Gasteiger partial charge on any atom is 0.191 e. The molecule has 0 bridgehead atoms. The molecular weight excluding hydrogens is 433 g/mol. The fourth-order valence-corrected chi connectivity index (χ4v) is 4.96. The minimum Gasteiger partial charge on any atom is -0.356 e. The summed E-state index contributed by atoms with van der Waals surface area (Å²) in [6.45, 7) is 3.01. The third-order valence-electron chi connectivity index (χ3n) is 3.54. The Kier molecular flexibility index (Phi) is 8.12. The van der Waals surface area contributed by atoms with Gasteiger partial charge in [-0.15, -0.1) is 35.3 Å². The zero-order valence-corrected chi connectivity index (χ0v) is 16.9. The molecule has 1 saturated heterocycles. The minimum absolute atomic E-state index is 0. The molecule has 8 heteroatoms. The van der Waals surface area contributed by atoms with E-state index in [4.69, 9.17) is 0 Å². The third-order valence-corrected chi connectivity index (χ3v) is 6.21. The predicted molar refractivity (Wildman–Crippen MR) is 104 cm³/mol. The summed E-state index contributed by atoms with van der Waals surface area (Å²) in [5, 5.41) is 8.58. The fraction of sp³-hybridized carbons (Fsp3) is 0.643. The van der Waals surface area contributed by atoms with Gasteiger partial charge in [-0.3, -0.25) is 4.99 Å². The summed E-state index contributed by atoms with van der Waals surface area (Å²) >= 11 is 1.78. The van der Waals surface area contributed by atoms with Crippen molar-refractivity contribution in [2.75, 3.05) is 25.1 Å². The largest absolute Gasteiger partial charge is 0.356 e. The van der Waals surface area contributed by atoms with Crippen molar-refractivity contribution >= 4 is 51.1 Å². The maximum atomic E-state index is 11.5. The fourth-order valence-electron chi connectivity index (χ4n) is 2.41. The normalized spacial score (nSPS) is 21.9. The average Bonchev–Trinajstić information content (AvgIpc) is 3.04. The van der Waals surface area contributed by atoms with Gasteiger partial charge in [0.2, 0.25) is 0 Å². The van der Waals surface area contributed by atoms with Crippen LogP contribution in [-0.2, 0) is 16.3 Å². The first-order valence-electron chi connectivity index (χ1n) is 7.18. The Labute approximate surface area is 153 Å². The first-order chi connectivity index (χ1) is 9.98. The molecule has 0 saturated carbocycles. The Morgan fingerprint density at radius 1 is 1.55 bits per heavy atom. The molecule has 126 valence electrons. The van der Waals surface area contributed by atoms with Crippen molar-refractivity contribution in [2.45, 2.75) is 25.8 Å². The molecule has 0 aliphatic carbocycles. The van der Waals surface area contributed by atoms with Gasteiger partial charge in [0, 0.05) is 24.5 Å². The van der Waals surface area contributed by atoms with Crippen LogP contribution in [0.5, 0.6) is 0 Å². The number of halogens is 1. The van der Waals surface area contributed by atoms with Gasteiger partial charge in [-0.2, -0.15) is 0 Å². The number of hydrogen-bond donors (Lipinski definition) is 2. The van der Waals surface area contributed by atoms with Crippen LogP contribution in [0.2, 0.25) is 0 Å². The van der Waals surface area contributed by atoms with E-state index in [1.54, 1.807) is 18.4 Å². The molecule has 2 heterocycles. The smallest absolute Gasteiger partial charge is 0.191 e. The molecule has 2 N–H and O–H groups in total. The van der Waals surface area contributed by atoms with Crippen molar-refractivity contribution in [1.82, 2.24) is 10.6 Å². The van der Waals surface area contributed by atoms with Gasteiger partial charge in [0.05, 0.1) is 11.5 Å². The second kappa shape index (κ2) is 9.07. The zero-order valence-electron chi connectivity index (χ0n) is 12.9. The quantitative estimate of drug-likeness (QED) is 0.403. The van der Waals surface area contributed by atoms with E-state index in [1.807, 2.05) is 0 Å². The van der Waals surface area contributed by atoms with Gasteiger partial charge in [-0.25, -0.2) is 8.42 Å². The highest BCUT2D eigenvalue weighted by molar-refractivity contribution is 14.0. The van der Waals surface area contributed by atoms with Gasteiger partial charge in [0.1, 0.15) is 0 Å². The molecule has 0 radical (unpaired) electrons. The van der Waals surface area contributed by atoms with Crippen LogP contribution in [-0.4, -0.2) is 45.5 Å². The summed E-state index contributed by atoms with van der Waals surface area (Å²) in [6.07, 6.45) is 1.70. The minimum atomic E-state index is -2.86. The van der Waals surface area contributed by atoms with E-state index in [0.717, 1.165) is 13.0 Å². The topological polar surface area (TPSA) is 70.6 Å². The highest BCUT2D eigenvalue weighted by Gasteiger charge is 2.28. The van der Waals surface area contributed by atoms with E-state index in [9.17, 15) is 8.42 Å². The van der Waals surface area contributed by atoms with Crippen LogP contribution in [0.1, 0.15) is 18.2 Å². The molecule has 0 spiro atoms. The standard InChI is InChI=1S/C14H23N3O2S2.HI/c1-11(8-13-4-3-6-20-13)9-16-14(15-2)17-12-5-7-21(18,19)10-12;/h3-4,6,11-12H,5,7-10H2,1-2H3,(H2,15,16,17);1H. The number of nitrogens with one attached hydrogen (secondary N) is 2. The van der Waals surface area contributed by atoms with Gasteiger partial charge in [0.15, 0.2) is 15.8 Å². The van der Waals surface area contributed by atoms with Crippen LogP contribution in [0.25, 0.3) is 0 Å². The number of sulfone groups is 1. The van der Waals surface area contributed by atoms with Gasteiger partial charge in [0.25, 0.3) is 0 Å². The molecule has 1 fully saturated rings. The van der Waals surface area contributed by atoms with Gasteiger partial charge in [-0.1, -0.05) is 13.0 Å². The lowest BCUT2D eigenvalue weighted by atomic mass is 10.1. The second-order valence-electron chi connectivity index (χ2n) is 5.59. The molecule has 2 atom stereocenters. The zero-order chi connectivity index (χ0) is 15.3. The highest BCUT2D eigenvalue weighted by Crippen LogP contribution is 2.14. The maximum absolute atomic E-state index is 11.5. The molecule has 1 aliphatic heterocycles. The van der Waals surface area contributed by atoms with Crippen LogP contribution in [0.4, 0.5) is 0 Å². The van der Waals surface area contributed by atoms with Crippen LogP contribution in [0, 0.1) is 5.92 Å². The van der Waals surface area contributed by atoms with Crippen molar-refractivity contribution in [3.8, 4) is 0 Å². The molecule has 2 unspecified atom stereocenters. The number of thiophene rings is 1. The molecule has 5 nitrogen and oxygen atoms in total. The van der Waals surface area contributed by atoms with Gasteiger partial charge in [-0.05, 0) is 30.2 Å². The van der Waals surface area contributed by atoms with E-state index in [0.29, 0.717) is 18.3 Å². The lowest BCUT2D eigenvalue weighted by Gasteiger charge is -2.18. The summed E-state index contributed by atoms with van der Waals surface area (Å²) in [5.41, 5.74) is 0. The summed E-state index contributed by atoms with van der Waals surface area (Å²) in [7, 11) is -1.15. The Morgan fingerprint density at radius 2 is 2.32 bits per heavy atom.